The van der Waals surface area contributed by atoms with Crippen LogP contribution in [0.4, 0.5) is 0 Å². The fourth-order valence-corrected chi connectivity index (χ4v) is 5.01. The molecule has 0 unspecified atom stereocenters. The highest BCUT2D eigenvalue weighted by Gasteiger charge is 2.08. The van der Waals surface area contributed by atoms with Crippen molar-refractivity contribution in [1.29, 1.82) is 0 Å². The largest absolute Gasteiger partial charge is 0.276 e. The van der Waals surface area contributed by atoms with Crippen LogP contribution in [0.15, 0.2) is 29.2 Å². The summed E-state index contributed by atoms with van der Waals surface area (Å²) in [6.07, 6.45) is 13.7. The zero-order valence-electron chi connectivity index (χ0n) is 14.2. The fourth-order valence-electron chi connectivity index (χ4n) is 2.46. The molecule has 0 bridgehead atoms. The van der Waals surface area contributed by atoms with Gasteiger partial charge in [-0.25, -0.2) is 0 Å². The standard InChI is InChI=1S/C19H29ClOS2/c1-2-3-4-5-6-7-8-9-10-13-16-22-23-18-15-12-11-14-17(18)19(20)21/h11-12,14-15H,2-10,13,16H2,1H3. The first kappa shape index (κ1) is 20.9. The van der Waals surface area contributed by atoms with Crippen molar-refractivity contribution in [2.45, 2.75) is 76.0 Å². The molecule has 0 amide bonds. The molecule has 1 aromatic carbocycles. The van der Waals surface area contributed by atoms with Crippen LogP contribution in [0.2, 0.25) is 0 Å². The second kappa shape index (κ2) is 14.2. The van der Waals surface area contributed by atoms with Gasteiger partial charge in [0, 0.05) is 16.2 Å². The summed E-state index contributed by atoms with van der Waals surface area (Å²) >= 11 is 5.60. The lowest BCUT2D eigenvalue weighted by atomic mass is 10.1. The summed E-state index contributed by atoms with van der Waals surface area (Å²) in [6.45, 7) is 2.27. The molecular weight excluding hydrogens is 344 g/mol. The maximum Gasteiger partial charge on any atom is 0.253 e. The number of hydrogen-bond donors (Lipinski definition) is 0. The Labute approximate surface area is 154 Å². The van der Waals surface area contributed by atoms with Gasteiger partial charge < -0.3 is 0 Å². The first-order valence-corrected chi connectivity index (χ1v) is 11.5. The van der Waals surface area contributed by atoms with E-state index in [1.54, 1.807) is 16.9 Å². The van der Waals surface area contributed by atoms with Gasteiger partial charge in [0.1, 0.15) is 0 Å². The molecule has 0 atom stereocenters. The van der Waals surface area contributed by atoms with E-state index < -0.39 is 0 Å². The van der Waals surface area contributed by atoms with Crippen molar-refractivity contribution in [2.24, 2.45) is 0 Å². The number of carbonyl (C=O) groups is 1. The van der Waals surface area contributed by atoms with Crippen molar-refractivity contribution in [1.82, 2.24) is 0 Å². The molecule has 0 aliphatic rings. The Hall–Kier alpha value is -0.120. The van der Waals surface area contributed by atoms with E-state index in [1.807, 2.05) is 29.0 Å². The average Bonchev–Trinajstić information content (AvgIpc) is 2.56. The lowest BCUT2D eigenvalue weighted by Crippen LogP contribution is -1.90. The van der Waals surface area contributed by atoms with Crippen LogP contribution >= 0.6 is 33.2 Å². The summed E-state index contributed by atoms with van der Waals surface area (Å²) in [5.41, 5.74) is 0.620. The van der Waals surface area contributed by atoms with E-state index in [2.05, 4.69) is 6.92 Å². The van der Waals surface area contributed by atoms with E-state index in [4.69, 9.17) is 11.6 Å². The molecule has 0 saturated heterocycles. The highest BCUT2D eigenvalue weighted by Crippen LogP contribution is 2.34. The highest BCUT2D eigenvalue weighted by molar-refractivity contribution is 8.76. The monoisotopic (exact) mass is 372 g/mol. The van der Waals surface area contributed by atoms with Crippen LogP contribution in [0.3, 0.4) is 0 Å². The summed E-state index contributed by atoms with van der Waals surface area (Å²) in [6, 6.07) is 7.56. The van der Waals surface area contributed by atoms with Gasteiger partial charge in [-0.05, 0) is 30.2 Å². The number of benzene rings is 1. The Morgan fingerprint density at radius 2 is 1.48 bits per heavy atom. The van der Waals surface area contributed by atoms with Crippen molar-refractivity contribution in [3.8, 4) is 0 Å². The SMILES string of the molecule is CCCCCCCCCCCCSSc1ccccc1C(=O)Cl. The molecule has 0 radical (unpaired) electrons. The summed E-state index contributed by atoms with van der Waals surface area (Å²) in [7, 11) is 3.49. The quantitative estimate of drug-likeness (QED) is 0.189. The molecule has 0 fully saturated rings. The van der Waals surface area contributed by atoms with E-state index in [9.17, 15) is 4.79 Å². The molecule has 1 rings (SSSR count). The third-order valence-electron chi connectivity index (χ3n) is 3.83. The first-order chi connectivity index (χ1) is 11.3. The summed E-state index contributed by atoms with van der Waals surface area (Å²) < 4.78 is 0. The maximum absolute atomic E-state index is 11.3. The number of unbranched alkanes of at least 4 members (excludes halogenated alkanes) is 9. The van der Waals surface area contributed by atoms with Crippen LogP contribution in [0.5, 0.6) is 0 Å². The van der Waals surface area contributed by atoms with Gasteiger partial charge in [0.05, 0.1) is 0 Å². The van der Waals surface area contributed by atoms with Gasteiger partial charge in [0.15, 0.2) is 0 Å². The Bertz CT molecular complexity index is 437. The van der Waals surface area contributed by atoms with Gasteiger partial charge in [-0.2, -0.15) is 0 Å². The molecule has 0 aliphatic heterocycles. The smallest absolute Gasteiger partial charge is 0.253 e. The molecule has 0 aromatic heterocycles. The van der Waals surface area contributed by atoms with E-state index in [-0.39, 0.29) is 5.24 Å². The molecule has 130 valence electrons. The van der Waals surface area contributed by atoms with Crippen molar-refractivity contribution in [3.05, 3.63) is 29.8 Å². The number of rotatable bonds is 14. The molecule has 0 aliphatic carbocycles. The van der Waals surface area contributed by atoms with Crippen molar-refractivity contribution < 1.29 is 4.79 Å². The average molecular weight is 373 g/mol. The molecule has 1 nitrogen and oxygen atoms in total. The van der Waals surface area contributed by atoms with Crippen LogP contribution in [0.1, 0.15) is 81.5 Å². The van der Waals surface area contributed by atoms with Gasteiger partial charge in [-0.1, -0.05) is 98.4 Å². The van der Waals surface area contributed by atoms with Crippen molar-refractivity contribution in [2.75, 3.05) is 5.75 Å². The van der Waals surface area contributed by atoms with Crippen LogP contribution in [-0.2, 0) is 0 Å². The Morgan fingerprint density at radius 1 is 0.913 bits per heavy atom. The van der Waals surface area contributed by atoms with Gasteiger partial charge in [-0.15, -0.1) is 0 Å². The van der Waals surface area contributed by atoms with Crippen LogP contribution in [0, 0.1) is 0 Å². The molecule has 0 N–H and O–H groups in total. The van der Waals surface area contributed by atoms with Gasteiger partial charge in [-0.3, -0.25) is 4.79 Å². The van der Waals surface area contributed by atoms with Crippen LogP contribution in [0.25, 0.3) is 0 Å². The molecule has 0 saturated carbocycles. The minimum absolute atomic E-state index is 0.368. The topological polar surface area (TPSA) is 17.1 Å². The third kappa shape index (κ3) is 10.4. The third-order valence-corrected chi connectivity index (χ3v) is 6.53. The van der Waals surface area contributed by atoms with E-state index in [0.29, 0.717) is 5.56 Å². The number of hydrogen-bond acceptors (Lipinski definition) is 3. The minimum Gasteiger partial charge on any atom is -0.276 e. The zero-order valence-corrected chi connectivity index (χ0v) is 16.6. The van der Waals surface area contributed by atoms with Crippen LogP contribution in [-0.4, -0.2) is 11.0 Å². The maximum atomic E-state index is 11.3. The summed E-state index contributed by atoms with van der Waals surface area (Å²) in [4.78, 5) is 12.3. The van der Waals surface area contributed by atoms with Crippen molar-refractivity contribution >= 4 is 38.4 Å². The predicted molar refractivity (Wildman–Crippen MR) is 107 cm³/mol. The Balaban J connectivity index is 1.97. The van der Waals surface area contributed by atoms with Crippen LogP contribution < -0.4 is 0 Å². The van der Waals surface area contributed by atoms with E-state index in [1.165, 1.54) is 64.2 Å². The lowest BCUT2D eigenvalue weighted by molar-refractivity contribution is 0.107. The summed E-state index contributed by atoms with van der Waals surface area (Å²) in [5, 5.41) is -0.368. The number of halogens is 1. The molecular formula is C19H29ClOS2. The second-order valence-corrected chi connectivity index (χ2v) is 8.66. The van der Waals surface area contributed by atoms with Gasteiger partial charge in [0.25, 0.3) is 5.24 Å². The first-order valence-electron chi connectivity index (χ1n) is 8.84. The van der Waals surface area contributed by atoms with Gasteiger partial charge >= 0.3 is 0 Å². The number of carbonyl (C=O) groups excluding carboxylic acids is 1. The van der Waals surface area contributed by atoms with Gasteiger partial charge in [0.2, 0.25) is 0 Å². The second-order valence-electron chi connectivity index (χ2n) is 5.86. The Morgan fingerprint density at radius 3 is 2.09 bits per heavy atom. The molecule has 0 spiro atoms. The fraction of sp³-hybridized carbons (Fsp3) is 0.632. The van der Waals surface area contributed by atoms with E-state index in [0.717, 1.165) is 10.6 Å². The minimum atomic E-state index is -0.368. The lowest BCUT2D eigenvalue weighted by Gasteiger charge is -2.05. The predicted octanol–water partition coefficient (Wildman–Crippen LogP) is 7.73. The zero-order chi connectivity index (χ0) is 16.8. The highest BCUT2D eigenvalue weighted by atomic mass is 35.5. The summed E-state index contributed by atoms with van der Waals surface area (Å²) in [5.74, 6) is 1.13. The molecule has 23 heavy (non-hydrogen) atoms. The normalized spacial score (nSPS) is 10.9. The van der Waals surface area contributed by atoms with E-state index >= 15 is 0 Å². The van der Waals surface area contributed by atoms with Crippen molar-refractivity contribution in [3.63, 3.8) is 0 Å². The molecule has 0 heterocycles. The Kier molecular flexibility index (Phi) is 13.0. The molecule has 4 heteroatoms. The molecule has 1 aromatic rings.